The molecule has 19 heavy (non-hydrogen) atoms. The Bertz CT molecular complexity index is 631. The fourth-order valence-electron chi connectivity index (χ4n) is 1.53. The van der Waals surface area contributed by atoms with E-state index in [1.165, 1.54) is 6.21 Å². The Morgan fingerprint density at radius 1 is 1.42 bits per heavy atom. The van der Waals surface area contributed by atoms with E-state index in [1.54, 1.807) is 31.2 Å². The van der Waals surface area contributed by atoms with Crippen LogP contribution in [0.15, 0.2) is 29.4 Å². The monoisotopic (exact) mass is 258 g/mol. The molecule has 98 valence electrons. The van der Waals surface area contributed by atoms with E-state index in [9.17, 15) is 9.90 Å². The molecule has 2 rings (SSSR count). The summed E-state index contributed by atoms with van der Waals surface area (Å²) in [4.78, 5) is 11.6. The topological polar surface area (TPSA) is 90.4 Å². The van der Waals surface area contributed by atoms with Crippen LogP contribution in [0, 0.1) is 13.8 Å². The number of hydrazone groups is 1. The van der Waals surface area contributed by atoms with E-state index in [4.69, 9.17) is 0 Å². The molecule has 1 aromatic carbocycles. The Morgan fingerprint density at radius 3 is 2.89 bits per heavy atom. The Labute approximate surface area is 110 Å². The SMILES string of the molecule is Cc1ccc(O)c(/C=N\NC(=O)c2cc(C)[nH]n2)c1. The number of nitrogens with one attached hydrogen (secondary N) is 2. The Hall–Kier alpha value is -2.63. The van der Waals surface area contributed by atoms with Crippen molar-refractivity contribution in [3.63, 3.8) is 0 Å². The average Bonchev–Trinajstić information content (AvgIpc) is 2.80. The van der Waals surface area contributed by atoms with Crippen LogP contribution in [0.1, 0.15) is 27.3 Å². The smallest absolute Gasteiger partial charge is 0.291 e. The van der Waals surface area contributed by atoms with Gasteiger partial charge in [0.1, 0.15) is 5.75 Å². The number of phenols is 1. The molecule has 1 aromatic heterocycles. The van der Waals surface area contributed by atoms with Crippen LogP contribution in [0.4, 0.5) is 0 Å². The van der Waals surface area contributed by atoms with E-state index in [-0.39, 0.29) is 11.4 Å². The lowest BCUT2D eigenvalue weighted by atomic mass is 10.1. The van der Waals surface area contributed by atoms with Gasteiger partial charge in [0.25, 0.3) is 5.91 Å². The van der Waals surface area contributed by atoms with Crippen LogP contribution < -0.4 is 5.43 Å². The lowest BCUT2D eigenvalue weighted by molar-refractivity contribution is 0.0950. The third-order valence-corrected chi connectivity index (χ3v) is 2.49. The minimum absolute atomic E-state index is 0.110. The third kappa shape index (κ3) is 3.19. The van der Waals surface area contributed by atoms with Crippen molar-refractivity contribution < 1.29 is 9.90 Å². The second-order valence-electron chi connectivity index (χ2n) is 4.20. The number of aromatic amines is 1. The number of amides is 1. The molecule has 3 N–H and O–H groups in total. The third-order valence-electron chi connectivity index (χ3n) is 2.49. The number of carbonyl (C=O) groups is 1. The maximum absolute atomic E-state index is 11.6. The second kappa shape index (κ2) is 5.34. The van der Waals surface area contributed by atoms with Crippen LogP contribution in [0.5, 0.6) is 5.75 Å². The minimum atomic E-state index is -0.409. The number of benzene rings is 1. The van der Waals surface area contributed by atoms with Crippen LogP contribution >= 0.6 is 0 Å². The predicted octanol–water partition coefficient (Wildman–Crippen LogP) is 1.50. The molecule has 0 spiro atoms. The first kappa shape index (κ1) is 12.8. The minimum Gasteiger partial charge on any atom is -0.507 e. The molecule has 0 atom stereocenters. The van der Waals surface area contributed by atoms with Crippen molar-refractivity contribution in [3.8, 4) is 5.75 Å². The van der Waals surface area contributed by atoms with E-state index >= 15 is 0 Å². The molecule has 1 heterocycles. The highest BCUT2D eigenvalue weighted by molar-refractivity contribution is 5.93. The number of H-pyrrole nitrogens is 1. The number of phenolic OH excluding ortho intramolecular Hbond substituents is 1. The molecule has 0 radical (unpaired) electrons. The molecule has 0 aliphatic carbocycles. The molecule has 2 aromatic rings. The van der Waals surface area contributed by atoms with Gasteiger partial charge in [-0.05, 0) is 32.0 Å². The normalized spacial score (nSPS) is 10.8. The highest BCUT2D eigenvalue weighted by Crippen LogP contribution is 2.15. The molecule has 0 saturated carbocycles. The first-order chi connectivity index (χ1) is 9.06. The quantitative estimate of drug-likeness (QED) is 0.575. The summed E-state index contributed by atoms with van der Waals surface area (Å²) >= 11 is 0. The molecule has 0 aliphatic rings. The second-order valence-corrected chi connectivity index (χ2v) is 4.20. The van der Waals surface area contributed by atoms with Crippen molar-refractivity contribution in [2.24, 2.45) is 5.10 Å². The molecule has 6 nitrogen and oxygen atoms in total. The van der Waals surface area contributed by atoms with Gasteiger partial charge in [-0.25, -0.2) is 5.43 Å². The van der Waals surface area contributed by atoms with Crippen molar-refractivity contribution in [3.05, 3.63) is 46.8 Å². The summed E-state index contributed by atoms with van der Waals surface area (Å²) in [6.45, 7) is 3.71. The fourth-order valence-corrected chi connectivity index (χ4v) is 1.53. The van der Waals surface area contributed by atoms with E-state index in [1.807, 2.05) is 6.92 Å². The predicted molar refractivity (Wildman–Crippen MR) is 71.2 cm³/mol. The zero-order valence-corrected chi connectivity index (χ0v) is 10.6. The molecule has 1 amide bonds. The number of aromatic hydroxyl groups is 1. The zero-order chi connectivity index (χ0) is 13.8. The molecule has 0 bridgehead atoms. The summed E-state index contributed by atoms with van der Waals surface area (Å²) < 4.78 is 0. The standard InChI is InChI=1S/C13H14N4O2/c1-8-3-4-12(18)10(5-8)7-14-17-13(19)11-6-9(2)15-16-11/h3-7,18H,1-2H3,(H,15,16)(H,17,19)/b14-7-. The number of aryl methyl sites for hydroxylation is 2. The van der Waals surface area contributed by atoms with E-state index in [2.05, 4.69) is 20.7 Å². The highest BCUT2D eigenvalue weighted by atomic mass is 16.3. The van der Waals surface area contributed by atoms with Gasteiger partial charge < -0.3 is 5.11 Å². The van der Waals surface area contributed by atoms with Crippen LogP contribution in [-0.2, 0) is 0 Å². The first-order valence-electron chi connectivity index (χ1n) is 5.71. The van der Waals surface area contributed by atoms with Crippen molar-refractivity contribution >= 4 is 12.1 Å². The van der Waals surface area contributed by atoms with Crippen molar-refractivity contribution in [2.45, 2.75) is 13.8 Å². The highest BCUT2D eigenvalue weighted by Gasteiger charge is 2.07. The lowest BCUT2D eigenvalue weighted by Gasteiger charge is -2.00. The summed E-state index contributed by atoms with van der Waals surface area (Å²) in [5.74, 6) is -0.299. The maximum Gasteiger partial charge on any atom is 0.291 e. The molecule has 0 aliphatic heterocycles. The van der Waals surface area contributed by atoms with Gasteiger partial charge in [0.15, 0.2) is 5.69 Å². The van der Waals surface area contributed by atoms with Crippen molar-refractivity contribution in [1.29, 1.82) is 0 Å². The van der Waals surface area contributed by atoms with Crippen molar-refractivity contribution in [1.82, 2.24) is 15.6 Å². The molecule has 0 unspecified atom stereocenters. The van der Waals surface area contributed by atoms with Gasteiger partial charge in [-0.2, -0.15) is 10.2 Å². The summed E-state index contributed by atoms with van der Waals surface area (Å²) in [7, 11) is 0. The number of aromatic nitrogens is 2. The molecule has 6 heteroatoms. The summed E-state index contributed by atoms with van der Waals surface area (Å²) in [6.07, 6.45) is 1.39. The maximum atomic E-state index is 11.6. The number of rotatable bonds is 3. The average molecular weight is 258 g/mol. The molecule has 0 saturated heterocycles. The summed E-state index contributed by atoms with van der Waals surface area (Å²) in [5.41, 5.74) is 4.94. The van der Waals surface area contributed by atoms with Gasteiger partial charge in [-0.1, -0.05) is 11.6 Å². The van der Waals surface area contributed by atoms with Gasteiger partial charge in [0, 0.05) is 11.3 Å². The van der Waals surface area contributed by atoms with Gasteiger partial charge in [-0.15, -0.1) is 0 Å². The number of hydrogen-bond donors (Lipinski definition) is 3. The molecule has 0 fully saturated rings. The van der Waals surface area contributed by atoms with Gasteiger partial charge in [0.2, 0.25) is 0 Å². The van der Waals surface area contributed by atoms with Crippen molar-refractivity contribution in [2.75, 3.05) is 0 Å². The summed E-state index contributed by atoms with van der Waals surface area (Å²) in [6, 6.07) is 6.76. The van der Waals surface area contributed by atoms with Crippen LogP contribution in [0.3, 0.4) is 0 Å². The van der Waals surface area contributed by atoms with Gasteiger partial charge in [0.05, 0.1) is 6.21 Å². The molecular formula is C13H14N4O2. The molecular weight excluding hydrogens is 244 g/mol. The van der Waals surface area contributed by atoms with Gasteiger partial charge in [-0.3, -0.25) is 9.89 Å². The fraction of sp³-hybridized carbons (Fsp3) is 0.154. The van der Waals surface area contributed by atoms with Gasteiger partial charge >= 0.3 is 0 Å². The van der Waals surface area contributed by atoms with E-state index in [0.717, 1.165) is 11.3 Å². The Balaban J connectivity index is 2.04. The van der Waals surface area contributed by atoms with Crippen LogP contribution in [-0.4, -0.2) is 27.4 Å². The number of nitrogens with zero attached hydrogens (tertiary/aromatic N) is 2. The first-order valence-corrected chi connectivity index (χ1v) is 5.71. The van der Waals surface area contributed by atoms with E-state index in [0.29, 0.717) is 5.56 Å². The Morgan fingerprint density at radius 2 is 2.21 bits per heavy atom. The zero-order valence-electron chi connectivity index (χ0n) is 10.6. The Kier molecular flexibility index (Phi) is 3.61. The lowest BCUT2D eigenvalue weighted by Crippen LogP contribution is -2.18. The summed E-state index contributed by atoms with van der Waals surface area (Å²) in [5, 5.41) is 19.9. The largest absolute Gasteiger partial charge is 0.507 e. The van der Waals surface area contributed by atoms with Crippen LogP contribution in [0.25, 0.3) is 0 Å². The number of carbonyl (C=O) groups excluding carboxylic acids is 1. The number of hydrogen-bond acceptors (Lipinski definition) is 4. The van der Waals surface area contributed by atoms with Crippen LogP contribution in [0.2, 0.25) is 0 Å². The van der Waals surface area contributed by atoms with E-state index < -0.39 is 5.91 Å².